The lowest BCUT2D eigenvalue weighted by molar-refractivity contribution is -0.133. The molecule has 2 N–H and O–H groups in total. The monoisotopic (exact) mass is 310 g/mol. The highest BCUT2D eigenvalue weighted by Crippen LogP contribution is 2.33. The van der Waals surface area contributed by atoms with Crippen molar-refractivity contribution in [3.05, 3.63) is 35.9 Å². The minimum atomic E-state index is 0. The summed E-state index contributed by atoms with van der Waals surface area (Å²) >= 11 is 0. The second kappa shape index (κ2) is 7.81. The minimum absolute atomic E-state index is 0. The average molecular weight is 311 g/mol. The number of hydrogen-bond acceptors (Lipinski definition) is 2. The lowest BCUT2D eigenvalue weighted by Gasteiger charge is -2.41. The first-order valence-corrected chi connectivity index (χ1v) is 7.60. The molecule has 0 saturated carbocycles. The van der Waals surface area contributed by atoms with Gasteiger partial charge in [-0.3, -0.25) is 4.79 Å². The molecule has 1 aliphatic rings. The number of nitrogens with zero attached hydrogens (tertiary/aromatic N) is 1. The van der Waals surface area contributed by atoms with Crippen molar-refractivity contribution in [2.45, 2.75) is 51.0 Å². The van der Waals surface area contributed by atoms with Gasteiger partial charge in [0.15, 0.2) is 0 Å². The predicted molar refractivity (Wildman–Crippen MR) is 89.7 cm³/mol. The quantitative estimate of drug-likeness (QED) is 0.929. The second-order valence-corrected chi connectivity index (χ2v) is 6.36. The van der Waals surface area contributed by atoms with Crippen molar-refractivity contribution in [3.63, 3.8) is 0 Å². The molecule has 3 nitrogen and oxygen atoms in total. The van der Waals surface area contributed by atoms with Gasteiger partial charge in [-0.25, -0.2) is 0 Å². The highest BCUT2D eigenvalue weighted by atomic mass is 35.5. The van der Waals surface area contributed by atoms with Crippen LogP contribution in [-0.2, 0) is 10.2 Å². The van der Waals surface area contributed by atoms with Crippen molar-refractivity contribution in [2.24, 2.45) is 5.73 Å². The topological polar surface area (TPSA) is 46.3 Å². The average Bonchev–Trinajstić information content (AvgIpc) is 2.45. The van der Waals surface area contributed by atoms with Crippen LogP contribution in [0.5, 0.6) is 0 Å². The van der Waals surface area contributed by atoms with Crippen LogP contribution in [0.4, 0.5) is 0 Å². The summed E-state index contributed by atoms with van der Waals surface area (Å²) in [6, 6.07) is 10.7. The van der Waals surface area contributed by atoms with Crippen LogP contribution >= 0.6 is 12.4 Å². The zero-order valence-corrected chi connectivity index (χ0v) is 13.9. The Hall–Kier alpha value is -1.06. The van der Waals surface area contributed by atoms with Crippen molar-refractivity contribution in [1.29, 1.82) is 0 Å². The molecular formula is C17H27ClN2O. The van der Waals surface area contributed by atoms with Gasteiger partial charge in [-0.15, -0.1) is 12.4 Å². The van der Waals surface area contributed by atoms with Crippen LogP contribution in [0.1, 0.15) is 45.1 Å². The van der Waals surface area contributed by atoms with Crippen LogP contribution in [0.25, 0.3) is 0 Å². The van der Waals surface area contributed by atoms with Gasteiger partial charge in [0.2, 0.25) is 5.91 Å². The number of halogens is 1. The van der Waals surface area contributed by atoms with E-state index < -0.39 is 0 Å². The minimum Gasteiger partial charge on any atom is -0.342 e. The first kappa shape index (κ1) is 18.0. The molecule has 1 saturated heterocycles. The molecule has 0 spiro atoms. The molecule has 1 amide bonds. The van der Waals surface area contributed by atoms with E-state index in [1.807, 2.05) is 17.9 Å². The molecule has 2 unspecified atom stereocenters. The van der Waals surface area contributed by atoms with E-state index >= 15 is 0 Å². The van der Waals surface area contributed by atoms with Crippen molar-refractivity contribution in [1.82, 2.24) is 4.90 Å². The number of benzene rings is 1. The van der Waals surface area contributed by atoms with E-state index in [4.69, 9.17) is 5.73 Å². The van der Waals surface area contributed by atoms with Crippen LogP contribution < -0.4 is 5.73 Å². The normalized spacial score (nSPS) is 23.3. The third kappa shape index (κ3) is 4.72. The van der Waals surface area contributed by atoms with Crippen LogP contribution in [0.3, 0.4) is 0 Å². The van der Waals surface area contributed by atoms with Gasteiger partial charge >= 0.3 is 0 Å². The first-order chi connectivity index (χ1) is 9.51. The van der Waals surface area contributed by atoms with E-state index in [2.05, 4.69) is 31.2 Å². The summed E-state index contributed by atoms with van der Waals surface area (Å²) in [5, 5.41) is 0. The van der Waals surface area contributed by atoms with Crippen LogP contribution in [0, 0.1) is 0 Å². The smallest absolute Gasteiger partial charge is 0.222 e. The van der Waals surface area contributed by atoms with Crippen LogP contribution in [-0.4, -0.2) is 29.9 Å². The van der Waals surface area contributed by atoms with Gasteiger partial charge in [-0.05, 0) is 31.7 Å². The SMILES string of the molecule is CC(N)CCC(=O)N1CCCC(C)(c2ccccc2)C1.Cl. The molecule has 1 aromatic carbocycles. The third-order valence-corrected chi connectivity index (χ3v) is 4.33. The summed E-state index contributed by atoms with van der Waals surface area (Å²) in [5.74, 6) is 0.254. The highest BCUT2D eigenvalue weighted by Gasteiger charge is 2.34. The molecule has 118 valence electrons. The van der Waals surface area contributed by atoms with E-state index in [0.717, 1.165) is 32.4 Å². The Morgan fingerprint density at radius 3 is 2.67 bits per heavy atom. The van der Waals surface area contributed by atoms with E-state index in [9.17, 15) is 4.79 Å². The number of rotatable bonds is 4. The standard InChI is InChI=1S/C17H26N2O.ClH/c1-14(18)9-10-16(20)19-12-6-11-17(2,13-19)15-7-4-3-5-8-15;/h3-5,7-8,14H,6,9-13,18H2,1-2H3;1H. The fourth-order valence-corrected chi connectivity index (χ4v) is 3.04. The van der Waals surface area contributed by atoms with Crippen molar-refractivity contribution < 1.29 is 4.79 Å². The maximum atomic E-state index is 12.3. The number of carbonyl (C=O) groups is 1. The number of amides is 1. The Morgan fingerprint density at radius 2 is 2.05 bits per heavy atom. The van der Waals surface area contributed by atoms with Gasteiger partial charge in [-0.2, -0.15) is 0 Å². The molecule has 1 aromatic rings. The highest BCUT2D eigenvalue weighted by molar-refractivity contribution is 5.85. The number of piperidine rings is 1. The molecule has 1 aliphatic heterocycles. The fourth-order valence-electron chi connectivity index (χ4n) is 3.04. The Bertz CT molecular complexity index is 449. The zero-order valence-electron chi connectivity index (χ0n) is 13.0. The first-order valence-electron chi connectivity index (χ1n) is 7.60. The molecule has 0 radical (unpaired) electrons. The van der Waals surface area contributed by atoms with Gasteiger partial charge in [0, 0.05) is 31.0 Å². The molecule has 0 aromatic heterocycles. The summed E-state index contributed by atoms with van der Waals surface area (Å²) in [6.45, 7) is 5.94. The molecule has 2 atom stereocenters. The van der Waals surface area contributed by atoms with Gasteiger partial charge in [0.1, 0.15) is 0 Å². The number of nitrogens with two attached hydrogens (primary N) is 1. The van der Waals surface area contributed by atoms with Crippen LogP contribution in [0.15, 0.2) is 30.3 Å². The molecule has 0 bridgehead atoms. The van der Waals surface area contributed by atoms with Gasteiger partial charge in [-0.1, -0.05) is 37.3 Å². The Balaban J connectivity index is 0.00000220. The molecule has 0 aliphatic carbocycles. The van der Waals surface area contributed by atoms with E-state index in [0.29, 0.717) is 6.42 Å². The fraction of sp³-hybridized carbons (Fsp3) is 0.588. The van der Waals surface area contributed by atoms with Crippen LogP contribution in [0.2, 0.25) is 0 Å². The lowest BCUT2D eigenvalue weighted by atomic mass is 9.76. The van der Waals surface area contributed by atoms with Crippen molar-refractivity contribution in [3.8, 4) is 0 Å². The molecule has 2 rings (SSSR count). The third-order valence-electron chi connectivity index (χ3n) is 4.33. The maximum absolute atomic E-state index is 12.3. The number of carbonyl (C=O) groups excluding carboxylic acids is 1. The Labute approximate surface area is 134 Å². The summed E-state index contributed by atoms with van der Waals surface area (Å²) in [5.41, 5.74) is 7.17. The Morgan fingerprint density at radius 1 is 1.38 bits per heavy atom. The van der Waals surface area contributed by atoms with E-state index in [1.54, 1.807) is 0 Å². The van der Waals surface area contributed by atoms with E-state index in [1.165, 1.54) is 5.56 Å². The molecule has 1 heterocycles. The second-order valence-electron chi connectivity index (χ2n) is 6.36. The largest absolute Gasteiger partial charge is 0.342 e. The van der Waals surface area contributed by atoms with Gasteiger partial charge < -0.3 is 10.6 Å². The summed E-state index contributed by atoms with van der Waals surface area (Å²) in [6.07, 6.45) is 3.57. The van der Waals surface area contributed by atoms with Gasteiger partial charge in [0.05, 0.1) is 0 Å². The molecule has 21 heavy (non-hydrogen) atoms. The van der Waals surface area contributed by atoms with E-state index in [-0.39, 0.29) is 29.8 Å². The molecule has 1 fully saturated rings. The lowest BCUT2D eigenvalue weighted by Crippen LogP contribution is -2.47. The molecule has 4 heteroatoms. The van der Waals surface area contributed by atoms with Crippen molar-refractivity contribution in [2.75, 3.05) is 13.1 Å². The Kier molecular flexibility index (Phi) is 6.69. The summed E-state index contributed by atoms with van der Waals surface area (Å²) in [4.78, 5) is 14.3. The predicted octanol–water partition coefficient (Wildman–Crippen LogP) is 3.12. The number of likely N-dealkylation sites (tertiary alicyclic amines) is 1. The maximum Gasteiger partial charge on any atom is 0.222 e. The summed E-state index contributed by atoms with van der Waals surface area (Å²) < 4.78 is 0. The summed E-state index contributed by atoms with van der Waals surface area (Å²) in [7, 11) is 0. The zero-order chi connectivity index (χ0) is 14.6. The van der Waals surface area contributed by atoms with Gasteiger partial charge in [0.25, 0.3) is 0 Å². The number of hydrogen-bond donors (Lipinski definition) is 1. The molecular weight excluding hydrogens is 284 g/mol. The van der Waals surface area contributed by atoms with Crippen molar-refractivity contribution >= 4 is 18.3 Å².